The number of fused-ring (bicyclic) bond motifs is 2. The Hall–Kier alpha value is -2.11. The molecule has 3 unspecified atom stereocenters. The van der Waals surface area contributed by atoms with Crippen molar-refractivity contribution in [3.8, 4) is 5.75 Å². The third-order valence-corrected chi connectivity index (χ3v) is 4.28. The number of aliphatic carboxylic acids is 1. The minimum Gasteiger partial charge on any atom is -0.507 e. The lowest BCUT2D eigenvalue weighted by Gasteiger charge is -2.23. The van der Waals surface area contributed by atoms with Gasteiger partial charge in [-0.05, 0) is 37.5 Å². The zero-order valence-electron chi connectivity index (χ0n) is 10.6. The van der Waals surface area contributed by atoms with E-state index in [1.165, 1.54) is 4.90 Å². The number of hydrogen-bond donors (Lipinski definition) is 2. The minimum atomic E-state index is -0.904. The van der Waals surface area contributed by atoms with Gasteiger partial charge in [0.1, 0.15) is 11.6 Å². The van der Waals surface area contributed by atoms with E-state index in [-0.39, 0.29) is 23.4 Å². The van der Waals surface area contributed by atoms with Crippen LogP contribution < -0.4 is 0 Å². The Morgan fingerprint density at radius 3 is 2.70 bits per heavy atom. The minimum absolute atomic E-state index is 0.104. The number of rotatable bonds is 2. The summed E-state index contributed by atoms with van der Waals surface area (Å²) >= 11 is 0. The van der Waals surface area contributed by atoms with Gasteiger partial charge >= 0.3 is 5.97 Å². The molecule has 2 bridgehead atoms. The lowest BCUT2D eigenvalue weighted by Crippen LogP contribution is -2.37. The van der Waals surface area contributed by atoms with Crippen LogP contribution in [0.4, 0.5) is 4.39 Å². The van der Waals surface area contributed by atoms with Gasteiger partial charge in [-0.25, -0.2) is 4.39 Å². The maximum absolute atomic E-state index is 13.2. The van der Waals surface area contributed by atoms with Crippen LogP contribution in [0.1, 0.15) is 29.6 Å². The summed E-state index contributed by atoms with van der Waals surface area (Å²) in [6, 6.07) is 2.72. The van der Waals surface area contributed by atoms with Crippen LogP contribution in [0.5, 0.6) is 5.75 Å². The standard InChI is InChI=1S/C14H14FNO4/c15-7-1-4-12(17)10(5-7)13(18)16-8-2-3-11(16)9(6-8)14(19)20/h1,4-5,8-9,11,17H,2-3,6H2,(H,19,20). The molecule has 3 atom stereocenters. The number of carboxylic acid groups (broad SMARTS) is 1. The first-order valence-electron chi connectivity index (χ1n) is 6.53. The fraction of sp³-hybridized carbons (Fsp3) is 0.429. The molecule has 2 aliphatic heterocycles. The lowest BCUT2D eigenvalue weighted by atomic mass is 9.89. The molecule has 20 heavy (non-hydrogen) atoms. The number of amides is 1. The number of phenols is 1. The van der Waals surface area contributed by atoms with E-state index in [2.05, 4.69) is 0 Å². The van der Waals surface area contributed by atoms with Crippen molar-refractivity contribution in [2.75, 3.05) is 0 Å². The summed E-state index contributed by atoms with van der Waals surface area (Å²) in [6.07, 6.45) is 1.83. The molecule has 2 N–H and O–H groups in total. The largest absolute Gasteiger partial charge is 0.507 e. The van der Waals surface area contributed by atoms with Crippen LogP contribution in [-0.4, -0.2) is 39.1 Å². The first-order chi connectivity index (χ1) is 9.49. The molecule has 1 aromatic carbocycles. The van der Waals surface area contributed by atoms with Gasteiger partial charge < -0.3 is 15.1 Å². The first kappa shape index (κ1) is 12.9. The number of benzene rings is 1. The average molecular weight is 279 g/mol. The number of nitrogens with zero attached hydrogens (tertiary/aromatic N) is 1. The maximum atomic E-state index is 13.2. The van der Waals surface area contributed by atoms with Gasteiger partial charge in [-0.3, -0.25) is 9.59 Å². The van der Waals surface area contributed by atoms with Crippen molar-refractivity contribution in [2.24, 2.45) is 5.92 Å². The molecule has 2 saturated heterocycles. The van der Waals surface area contributed by atoms with Gasteiger partial charge in [-0.2, -0.15) is 0 Å². The molecule has 0 aliphatic carbocycles. The van der Waals surface area contributed by atoms with E-state index < -0.39 is 23.6 Å². The number of hydrogen-bond acceptors (Lipinski definition) is 3. The molecule has 2 heterocycles. The monoisotopic (exact) mass is 279 g/mol. The Labute approximate surface area is 114 Å². The molecule has 0 saturated carbocycles. The van der Waals surface area contributed by atoms with Gasteiger partial charge in [0.15, 0.2) is 0 Å². The summed E-state index contributed by atoms with van der Waals surface area (Å²) in [7, 11) is 0. The zero-order valence-corrected chi connectivity index (χ0v) is 10.6. The van der Waals surface area contributed by atoms with E-state index in [0.717, 1.165) is 24.6 Å². The van der Waals surface area contributed by atoms with Gasteiger partial charge in [0.2, 0.25) is 0 Å². The van der Waals surface area contributed by atoms with E-state index in [1.54, 1.807) is 0 Å². The van der Waals surface area contributed by atoms with E-state index in [9.17, 15) is 19.1 Å². The Morgan fingerprint density at radius 1 is 1.30 bits per heavy atom. The Bertz CT molecular complexity index is 589. The fourth-order valence-corrected chi connectivity index (χ4v) is 3.39. The Balaban J connectivity index is 1.92. The van der Waals surface area contributed by atoms with E-state index >= 15 is 0 Å². The maximum Gasteiger partial charge on any atom is 0.308 e. The van der Waals surface area contributed by atoms with Crippen molar-refractivity contribution in [1.29, 1.82) is 0 Å². The molecular weight excluding hydrogens is 265 g/mol. The predicted molar refractivity (Wildman–Crippen MR) is 66.8 cm³/mol. The van der Waals surface area contributed by atoms with Crippen LogP contribution in [0.15, 0.2) is 18.2 Å². The van der Waals surface area contributed by atoms with Crippen molar-refractivity contribution in [2.45, 2.75) is 31.3 Å². The normalized spacial score (nSPS) is 27.9. The van der Waals surface area contributed by atoms with E-state index in [0.29, 0.717) is 12.8 Å². The number of phenolic OH excluding ortho intramolecular Hbond substituents is 1. The third-order valence-electron chi connectivity index (χ3n) is 4.28. The number of aromatic hydroxyl groups is 1. The highest BCUT2D eigenvalue weighted by molar-refractivity contribution is 5.98. The van der Waals surface area contributed by atoms with E-state index in [4.69, 9.17) is 5.11 Å². The van der Waals surface area contributed by atoms with Crippen LogP contribution in [-0.2, 0) is 4.79 Å². The summed E-state index contributed by atoms with van der Waals surface area (Å²) in [4.78, 5) is 25.1. The van der Waals surface area contributed by atoms with Crippen LogP contribution in [0, 0.1) is 11.7 Å². The molecule has 0 spiro atoms. The average Bonchev–Trinajstić information content (AvgIpc) is 2.98. The number of carboxylic acids is 1. The van der Waals surface area contributed by atoms with Crippen LogP contribution in [0.25, 0.3) is 0 Å². The molecule has 106 valence electrons. The summed E-state index contributed by atoms with van der Waals surface area (Å²) in [6.45, 7) is 0. The highest BCUT2D eigenvalue weighted by Crippen LogP contribution is 2.43. The predicted octanol–water partition coefficient (Wildman–Crippen LogP) is 1.61. The molecule has 3 rings (SSSR count). The van der Waals surface area contributed by atoms with Crippen molar-refractivity contribution >= 4 is 11.9 Å². The van der Waals surface area contributed by atoms with Gasteiger partial charge in [-0.15, -0.1) is 0 Å². The van der Waals surface area contributed by atoms with Gasteiger partial charge in [0.25, 0.3) is 5.91 Å². The van der Waals surface area contributed by atoms with Crippen molar-refractivity contribution in [3.05, 3.63) is 29.6 Å². The molecule has 0 radical (unpaired) electrons. The third kappa shape index (κ3) is 1.83. The van der Waals surface area contributed by atoms with Crippen LogP contribution in [0.3, 0.4) is 0 Å². The molecule has 1 aromatic rings. The SMILES string of the molecule is O=C(O)C1CC2CCC1N2C(=O)c1cc(F)ccc1O. The molecule has 2 fully saturated rings. The second-order valence-electron chi connectivity index (χ2n) is 5.35. The van der Waals surface area contributed by atoms with Crippen LogP contribution >= 0.6 is 0 Å². The van der Waals surface area contributed by atoms with Crippen molar-refractivity contribution < 1.29 is 24.2 Å². The molecule has 6 heteroatoms. The summed E-state index contributed by atoms with van der Waals surface area (Å²) in [5.74, 6) is -2.84. The Kier molecular flexibility index (Phi) is 2.88. The summed E-state index contributed by atoms with van der Waals surface area (Å²) in [5.41, 5.74) is -0.104. The highest BCUT2D eigenvalue weighted by Gasteiger charge is 2.51. The zero-order chi connectivity index (χ0) is 14.4. The second-order valence-corrected chi connectivity index (χ2v) is 5.35. The fourth-order valence-electron chi connectivity index (χ4n) is 3.39. The molecule has 1 amide bonds. The number of carbonyl (C=O) groups is 2. The van der Waals surface area contributed by atoms with Crippen LogP contribution in [0.2, 0.25) is 0 Å². The highest BCUT2D eigenvalue weighted by atomic mass is 19.1. The molecule has 0 aromatic heterocycles. The van der Waals surface area contributed by atoms with Gasteiger partial charge in [-0.1, -0.05) is 0 Å². The second kappa shape index (κ2) is 4.47. The molecular formula is C14H14FNO4. The van der Waals surface area contributed by atoms with Gasteiger partial charge in [0.05, 0.1) is 11.5 Å². The van der Waals surface area contributed by atoms with Crippen molar-refractivity contribution in [1.82, 2.24) is 4.90 Å². The number of carbonyl (C=O) groups excluding carboxylic acids is 1. The van der Waals surface area contributed by atoms with E-state index in [1.807, 2.05) is 0 Å². The number of halogens is 1. The summed E-state index contributed by atoms with van der Waals surface area (Å²) in [5, 5.41) is 18.9. The smallest absolute Gasteiger partial charge is 0.308 e. The molecule has 5 nitrogen and oxygen atoms in total. The van der Waals surface area contributed by atoms with Gasteiger partial charge in [0, 0.05) is 12.1 Å². The summed E-state index contributed by atoms with van der Waals surface area (Å²) < 4.78 is 13.2. The first-order valence-corrected chi connectivity index (χ1v) is 6.53. The Morgan fingerprint density at radius 2 is 2.05 bits per heavy atom. The lowest BCUT2D eigenvalue weighted by molar-refractivity contribution is -0.142. The quantitative estimate of drug-likeness (QED) is 0.862. The van der Waals surface area contributed by atoms with Crippen molar-refractivity contribution in [3.63, 3.8) is 0 Å². The topological polar surface area (TPSA) is 77.8 Å². The molecule has 2 aliphatic rings.